The zero-order chi connectivity index (χ0) is 21.0. The van der Waals surface area contributed by atoms with Crippen LogP contribution >= 0.6 is 11.3 Å². The molecule has 0 atom stereocenters. The molecule has 29 heavy (non-hydrogen) atoms. The molecule has 0 aliphatic heterocycles. The fourth-order valence-electron chi connectivity index (χ4n) is 2.65. The lowest BCUT2D eigenvalue weighted by Gasteiger charge is -2.04. The zero-order valence-corrected chi connectivity index (χ0v) is 15.8. The molecule has 3 aromatic rings. The van der Waals surface area contributed by atoms with Gasteiger partial charge in [0.2, 0.25) is 0 Å². The van der Waals surface area contributed by atoms with Crippen molar-refractivity contribution in [2.75, 3.05) is 7.11 Å². The second kappa shape index (κ2) is 8.21. The first-order valence-corrected chi connectivity index (χ1v) is 8.97. The van der Waals surface area contributed by atoms with Gasteiger partial charge in [0.15, 0.2) is 5.57 Å². The summed E-state index contributed by atoms with van der Waals surface area (Å²) in [4.78, 5) is 23.8. The fourth-order valence-corrected chi connectivity index (χ4v) is 3.70. The Hall–Kier alpha value is -4.21. The number of ether oxygens (including phenoxy) is 1. The number of benzene rings is 2. The summed E-state index contributed by atoms with van der Waals surface area (Å²) < 4.78 is 6.66. The van der Waals surface area contributed by atoms with E-state index in [-0.39, 0.29) is 26.0 Å². The number of methoxy groups -OCH3 is 1. The number of thiazole rings is 1. The van der Waals surface area contributed by atoms with Crippen LogP contribution in [0.25, 0.3) is 17.3 Å². The largest absolute Gasteiger partial charge is 0.497 e. The van der Waals surface area contributed by atoms with Crippen molar-refractivity contribution in [3.8, 4) is 23.6 Å². The van der Waals surface area contributed by atoms with Gasteiger partial charge >= 0.3 is 0 Å². The number of nitro groups is 1. The molecule has 0 aliphatic rings. The Kier molecular flexibility index (Phi) is 5.54. The van der Waals surface area contributed by atoms with Crippen molar-refractivity contribution < 1.29 is 9.66 Å². The zero-order valence-electron chi connectivity index (χ0n) is 15.0. The number of hydrogen-bond acceptors (Lipinski definition) is 7. The highest BCUT2D eigenvalue weighted by atomic mass is 32.1. The summed E-state index contributed by atoms with van der Waals surface area (Å²) in [5.74, 6) is 0.579. The number of rotatable bonds is 4. The molecule has 1 aromatic heterocycles. The van der Waals surface area contributed by atoms with Gasteiger partial charge in [-0.15, -0.1) is 11.3 Å². The van der Waals surface area contributed by atoms with E-state index in [1.54, 1.807) is 42.5 Å². The molecule has 0 saturated heterocycles. The molecule has 0 saturated carbocycles. The summed E-state index contributed by atoms with van der Waals surface area (Å²) in [5, 5.41) is 29.9. The van der Waals surface area contributed by atoms with E-state index in [9.17, 15) is 25.4 Å². The maximum absolute atomic E-state index is 13.1. The van der Waals surface area contributed by atoms with E-state index < -0.39 is 10.5 Å². The van der Waals surface area contributed by atoms with Gasteiger partial charge in [0.25, 0.3) is 11.2 Å². The Morgan fingerprint density at radius 3 is 2.41 bits per heavy atom. The third-order valence-electron chi connectivity index (χ3n) is 4.01. The normalized spacial score (nSPS) is 10.8. The van der Waals surface area contributed by atoms with Gasteiger partial charge in [-0.25, -0.2) is 0 Å². The minimum absolute atomic E-state index is 0.148. The monoisotopic (exact) mass is 404 g/mol. The summed E-state index contributed by atoms with van der Waals surface area (Å²) in [6.07, 6.45) is 1.39. The summed E-state index contributed by atoms with van der Waals surface area (Å²) in [7, 11) is 1.51. The van der Waals surface area contributed by atoms with Crippen LogP contribution in [0.4, 0.5) is 5.69 Å². The van der Waals surface area contributed by atoms with Crippen LogP contribution in [0.15, 0.2) is 53.3 Å². The van der Waals surface area contributed by atoms with Crippen molar-refractivity contribution in [2.45, 2.75) is 0 Å². The van der Waals surface area contributed by atoms with Crippen LogP contribution in [0.3, 0.4) is 0 Å². The van der Waals surface area contributed by atoms with E-state index in [0.717, 1.165) is 11.3 Å². The Bertz CT molecular complexity index is 1340. The first-order valence-electron chi connectivity index (χ1n) is 8.16. The molecule has 1 heterocycles. The molecular formula is C20H12N4O4S. The third kappa shape index (κ3) is 3.76. The van der Waals surface area contributed by atoms with Crippen molar-refractivity contribution in [1.82, 2.24) is 4.57 Å². The van der Waals surface area contributed by atoms with E-state index in [1.165, 1.54) is 36.0 Å². The molecule has 0 N–H and O–H groups in total. The Balaban J connectivity index is 2.38. The smallest absolute Gasteiger partial charge is 0.276 e. The predicted molar refractivity (Wildman–Crippen MR) is 107 cm³/mol. The summed E-state index contributed by atoms with van der Waals surface area (Å²) in [6, 6.07) is 16.1. The highest BCUT2D eigenvalue weighted by Gasteiger charge is 2.14. The van der Waals surface area contributed by atoms with Crippen LogP contribution in [0.2, 0.25) is 0 Å². The Morgan fingerprint density at radius 1 is 1.17 bits per heavy atom. The molecule has 0 amide bonds. The Labute approximate surface area is 168 Å². The quantitative estimate of drug-likeness (QED) is 0.483. The number of nitro benzene ring substituents is 1. The summed E-state index contributed by atoms with van der Waals surface area (Å²) in [6.45, 7) is 0. The third-order valence-corrected chi connectivity index (χ3v) is 5.10. The van der Waals surface area contributed by atoms with Crippen molar-refractivity contribution in [2.24, 2.45) is 0 Å². The molecule has 0 radical (unpaired) electrons. The van der Waals surface area contributed by atoms with E-state index in [2.05, 4.69) is 0 Å². The summed E-state index contributed by atoms with van der Waals surface area (Å²) in [5.41, 5.74) is -0.184. The van der Waals surface area contributed by atoms with Crippen LogP contribution in [0.5, 0.6) is 5.75 Å². The van der Waals surface area contributed by atoms with Crippen molar-refractivity contribution in [1.29, 1.82) is 10.5 Å². The lowest BCUT2D eigenvalue weighted by molar-refractivity contribution is -0.385. The van der Waals surface area contributed by atoms with Crippen molar-refractivity contribution in [3.05, 3.63) is 83.8 Å². The number of nitriles is 2. The van der Waals surface area contributed by atoms with E-state index in [4.69, 9.17) is 4.74 Å². The van der Waals surface area contributed by atoms with Gasteiger partial charge in [0.1, 0.15) is 22.6 Å². The maximum Gasteiger partial charge on any atom is 0.276 e. The first-order chi connectivity index (χ1) is 14.0. The fraction of sp³-hybridized carbons (Fsp3) is 0.0500. The van der Waals surface area contributed by atoms with Gasteiger partial charge in [0, 0.05) is 6.07 Å². The number of hydrogen-bond donors (Lipinski definition) is 0. The van der Waals surface area contributed by atoms with Gasteiger partial charge < -0.3 is 4.74 Å². The molecule has 9 heteroatoms. The van der Waals surface area contributed by atoms with Crippen molar-refractivity contribution in [3.63, 3.8) is 0 Å². The average molecular weight is 404 g/mol. The van der Waals surface area contributed by atoms with Gasteiger partial charge in [0.05, 0.1) is 27.8 Å². The maximum atomic E-state index is 13.1. The van der Waals surface area contributed by atoms with Gasteiger partial charge in [-0.1, -0.05) is 12.1 Å². The lowest BCUT2D eigenvalue weighted by Crippen LogP contribution is -2.30. The molecule has 0 spiro atoms. The first kappa shape index (κ1) is 19.5. The SMILES string of the molecule is COc1ccc(-n2c(=C(C#N)C#N)s/c(=C/c3ccccc3[N+](=O)[O-])c2=O)cc1. The molecule has 0 fully saturated rings. The number of nitrogens with zero attached hydrogens (tertiary/aromatic N) is 4. The molecule has 8 nitrogen and oxygen atoms in total. The lowest BCUT2D eigenvalue weighted by atomic mass is 10.2. The predicted octanol–water partition coefficient (Wildman–Crippen LogP) is 1.84. The minimum Gasteiger partial charge on any atom is -0.497 e. The van der Waals surface area contributed by atoms with E-state index >= 15 is 0 Å². The highest BCUT2D eigenvalue weighted by Crippen LogP contribution is 2.18. The highest BCUT2D eigenvalue weighted by molar-refractivity contribution is 7.07. The molecule has 2 aromatic carbocycles. The van der Waals surface area contributed by atoms with Crippen LogP contribution in [0.1, 0.15) is 5.56 Å². The average Bonchev–Trinajstić information content (AvgIpc) is 3.05. The number of para-hydroxylation sites is 1. The second-order valence-corrected chi connectivity index (χ2v) is 6.70. The molecule has 0 unspecified atom stereocenters. The number of aromatic nitrogens is 1. The molecule has 0 aliphatic carbocycles. The van der Waals surface area contributed by atoms with Crippen LogP contribution < -0.4 is 19.5 Å². The summed E-state index contributed by atoms with van der Waals surface area (Å²) >= 11 is 0.922. The molecule has 142 valence electrons. The molecular weight excluding hydrogens is 392 g/mol. The van der Waals surface area contributed by atoms with Crippen LogP contribution in [-0.4, -0.2) is 16.6 Å². The molecule has 3 rings (SSSR count). The standard InChI is InChI=1S/C20H12N4O4S/c1-28-16-8-6-15(7-9-16)23-19(25)18(29-20(23)14(11-21)12-22)10-13-4-2-3-5-17(13)24(26)27/h2-10H,1H3/b18-10+. The molecule has 0 bridgehead atoms. The van der Waals surface area contributed by atoms with E-state index in [0.29, 0.717) is 11.4 Å². The van der Waals surface area contributed by atoms with Gasteiger partial charge in [-0.05, 0) is 36.4 Å². The van der Waals surface area contributed by atoms with Crippen LogP contribution in [0, 0.1) is 32.8 Å². The van der Waals surface area contributed by atoms with Gasteiger partial charge in [-0.3, -0.25) is 19.5 Å². The Morgan fingerprint density at radius 2 is 1.83 bits per heavy atom. The van der Waals surface area contributed by atoms with E-state index in [1.807, 2.05) is 0 Å². The van der Waals surface area contributed by atoms with Crippen LogP contribution in [-0.2, 0) is 0 Å². The van der Waals surface area contributed by atoms with Crippen molar-refractivity contribution >= 4 is 28.7 Å². The second-order valence-electron chi connectivity index (χ2n) is 5.67. The van der Waals surface area contributed by atoms with Gasteiger partial charge in [-0.2, -0.15) is 10.5 Å². The minimum atomic E-state index is -0.537. The topological polar surface area (TPSA) is 122 Å².